The highest BCUT2D eigenvalue weighted by Crippen LogP contribution is 2.20. The maximum atomic E-state index is 13.5. The van der Waals surface area contributed by atoms with Gasteiger partial charge in [-0.1, -0.05) is 18.2 Å². The number of hydrogen-bond acceptors (Lipinski definition) is 2. The second kappa shape index (κ2) is 6.80. The Hall–Kier alpha value is -2.76. The first-order valence-corrected chi connectivity index (χ1v) is 6.56. The summed E-state index contributed by atoms with van der Waals surface area (Å²) < 4.78 is 27.0. The summed E-state index contributed by atoms with van der Waals surface area (Å²) in [4.78, 5) is 22.9. The molecule has 0 aromatic heterocycles. The van der Waals surface area contributed by atoms with E-state index in [1.54, 1.807) is 6.07 Å². The summed E-state index contributed by atoms with van der Waals surface area (Å²) in [5.41, 5.74) is 0.548. The highest BCUT2D eigenvalue weighted by molar-refractivity contribution is 5.94. The van der Waals surface area contributed by atoms with Crippen LogP contribution in [-0.2, 0) is 16.0 Å². The van der Waals surface area contributed by atoms with E-state index in [1.807, 2.05) is 0 Å². The lowest BCUT2D eigenvalue weighted by Crippen LogP contribution is -2.16. The van der Waals surface area contributed by atoms with Gasteiger partial charge in [-0.3, -0.25) is 9.59 Å². The van der Waals surface area contributed by atoms with Crippen LogP contribution in [0, 0.1) is 11.6 Å². The molecule has 0 saturated carbocycles. The molecule has 0 heterocycles. The van der Waals surface area contributed by atoms with Crippen molar-refractivity contribution in [2.24, 2.45) is 0 Å². The summed E-state index contributed by atoms with van der Waals surface area (Å²) in [6, 6.07) is 9.76. The van der Waals surface area contributed by atoms with Crippen LogP contribution in [0.15, 0.2) is 42.5 Å². The van der Waals surface area contributed by atoms with E-state index in [0.29, 0.717) is 5.69 Å². The molecule has 0 aliphatic heterocycles. The van der Waals surface area contributed by atoms with Crippen molar-refractivity contribution in [1.29, 1.82) is 0 Å². The van der Waals surface area contributed by atoms with E-state index < -0.39 is 23.4 Å². The number of nitrogens with one attached hydrogen (secondary N) is 2. The molecule has 0 bridgehead atoms. The van der Waals surface area contributed by atoms with Crippen molar-refractivity contribution < 1.29 is 18.4 Å². The van der Waals surface area contributed by atoms with Gasteiger partial charge in [0.15, 0.2) is 0 Å². The Bertz CT molecular complexity index is 717. The molecule has 2 rings (SSSR count). The lowest BCUT2D eigenvalue weighted by Gasteiger charge is -2.09. The molecule has 0 atom stereocenters. The van der Waals surface area contributed by atoms with Gasteiger partial charge in [-0.2, -0.15) is 0 Å². The third kappa shape index (κ3) is 4.12. The van der Waals surface area contributed by atoms with Crippen molar-refractivity contribution >= 4 is 23.2 Å². The van der Waals surface area contributed by atoms with Gasteiger partial charge in [0.2, 0.25) is 11.8 Å². The molecule has 2 amide bonds. The SMILES string of the molecule is CC(=O)Nc1cc(NC(=O)Cc2ccccc2F)ccc1F. The zero-order valence-corrected chi connectivity index (χ0v) is 11.8. The van der Waals surface area contributed by atoms with Gasteiger partial charge in [0.1, 0.15) is 11.6 Å². The van der Waals surface area contributed by atoms with Crippen LogP contribution in [0.4, 0.5) is 20.2 Å². The van der Waals surface area contributed by atoms with Crippen molar-refractivity contribution in [3.63, 3.8) is 0 Å². The fraction of sp³-hybridized carbons (Fsp3) is 0.125. The lowest BCUT2D eigenvalue weighted by atomic mass is 10.1. The first kappa shape index (κ1) is 15.6. The van der Waals surface area contributed by atoms with Gasteiger partial charge in [-0.05, 0) is 29.8 Å². The molecule has 4 nitrogen and oxygen atoms in total. The maximum absolute atomic E-state index is 13.5. The summed E-state index contributed by atoms with van der Waals surface area (Å²) >= 11 is 0. The molecule has 0 saturated heterocycles. The summed E-state index contributed by atoms with van der Waals surface area (Å²) in [6.07, 6.45) is -0.139. The minimum absolute atomic E-state index is 0.0313. The molecular formula is C16H14F2N2O2. The first-order valence-electron chi connectivity index (χ1n) is 6.56. The zero-order chi connectivity index (χ0) is 16.1. The number of halogens is 2. The van der Waals surface area contributed by atoms with Crippen LogP contribution in [0.3, 0.4) is 0 Å². The number of benzene rings is 2. The third-order valence-corrected chi connectivity index (χ3v) is 2.87. The summed E-state index contributed by atoms with van der Waals surface area (Å²) in [5, 5.41) is 4.86. The lowest BCUT2D eigenvalue weighted by molar-refractivity contribution is -0.116. The van der Waals surface area contributed by atoms with Gasteiger partial charge >= 0.3 is 0 Å². The largest absolute Gasteiger partial charge is 0.326 e. The second-order valence-corrected chi connectivity index (χ2v) is 4.69. The van der Waals surface area contributed by atoms with Gasteiger partial charge in [-0.15, -0.1) is 0 Å². The molecule has 22 heavy (non-hydrogen) atoms. The number of hydrogen-bond donors (Lipinski definition) is 2. The molecule has 2 N–H and O–H groups in total. The minimum Gasteiger partial charge on any atom is -0.326 e. The number of carbonyl (C=O) groups is 2. The molecule has 0 aliphatic carbocycles. The van der Waals surface area contributed by atoms with E-state index in [0.717, 1.165) is 6.07 Å². The summed E-state index contributed by atoms with van der Waals surface area (Å²) in [5.74, 6) is -1.93. The number of rotatable bonds is 4. The molecule has 0 fully saturated rings. The molecule has 2 aromatic rings. The van der Waals surface area contributed by atoms with E-state index >= 15 is 0 Å². The Morgan fingerprint density at radius 2 is 1.73 bits per heavy atom. The van der Waals surface area contributed by atoms with E-state index in [-0.39, 0.29) is 17.7 Å². The average molecular weight is 304 g/mol. The smallest absolute Gasteiger partial charge is 0.228 e. The maximum Gasteiger partial charge on any atom is 0.228 e. The molecular weight excluding hydrogens is 290 g/mol. The quantitative estimate of drug-likeness (QED) is 0.912. The van der Waals surface area contributed by atoms with Crippen molar-refractivity contribution in [2.75, 3.05) is 10.6 Å². The van der Waals surface area contributed by atoms with E-state index in [2.05, 4.69) is 10.6 Å². The Morgan fingerprint density at radius 1 is 1.00 bits per heavy atom. The minimum atomic E-state index is -0.609. The molecule has 0 spiro atoms. The van der Waals surface area contributed by atoms with Crippen molar-refractivity contribution in [3.05, 3.63) is 59.7 Å². The first-order chi connectivity index (χ1) is 10.5. The van der Waals surface area contributed by atoms with Crippen molar-refractivity contribution in [3.8, 4) is 0 Å². The molecule has 0 aliphatic rings. The number of anilines is 2. The highest BCUT2D eigenvalue weighted by Gasteiger charge is 2.10. The predicted octanol–water partition coefficient (Wildman–Crippen LogP) is 3.10. The fourth-order valence-electron chi connectivity index (χ4n) is 1.91. The fourth-order valence-corrected chi connectivity index (χ4v) is 1.91. The average Bonchev–Trinajstić information content (AvgIpc) is 2.44. The molecule has 0 unspecified atom stereocenters. The Balaban J connectivity index is 2.08. The van der Waals surface area contributed by atoms with Gasteiger partial charge in [0, 0.05) is 12.6 Å². The van der Waals surface area contributed by atoms with Crippen LogP contribution in [0.2, 0.25) is 0 Å². The molecule has 114 valence electrons. The van der Waals surface area contributed by atoms with Crippen molar-refractivity contribution in [1.82, 2.24) is 0 Å². The third-order valence-electron chi connectivity index (χ3n) is 2.87. The van der Waals surface area contributed by atoms with Gasteiger partial charge < -0.3 is 10.6 Å². The van der Waals surface area contributed by atoms with E-state index in [4.69, 9.17) is 0 Å². The van der Waals surface area contributed by atoms with E-state index in [9.17, 15) is 18.4 Å². The normalized spacial score (nSPS) is 10.1. The Kier molecular flexibility index (Phi) is 4.83. The zero-order valence-electron chi connectivity index (χ0n) is 11.8. The number of carbonyl (C=O) groups excluding carboxylic acids is 2. The molecule has 2 aromatic carbocycles. The van der Waals surface area contributed by atoms with Crippen molar-refractivity contribution in [2.45, 2.75) is 13.3 Å². The predicted molar refractivity (Wildman–Crippen MR) is 79.4 cm³/mol. The Morgan fingerprint density at radius 3 is 2.41 bits per heavy atom. The van der Waals surface area contributed by atoms with Gasteiger partial charge in [-0.25, -0.2) is 8.78 Å². The van der Waals surface area contributed by atoms with Crippen LogP contribution < -0.4 is 10.6 Å². The van der Waals surface area contributed by atoms with Gasteiger partial charge in [0.05, 0.1) is 12.1 Å². The molecule has 0 radical (unpaired) electrons. The number of amides is 2. The van der Waals surface area contributed by atoms with Gasteiger partial charge in [0.25, 0.3) is 0 Å². The van der Waals surface area contributed by atoms with Crippen LogP contribution in [0.1, 0.15) is 12.5 Å². The van der Waals surface area contributed by atoms with Crippen LogP contribution in [0.25, 0.3) is 0 Å². The standard InChI is InChI=1S/C16H14F2N2O2/c1-10(21)19-15-9-12(6-7-14(15)18)20-16(22)8-11-4-2-3-5-13(11)17/h2-7,9H,8H2,1H3,(H,19,21)(H,20,22). The van der Waals surface area contributed by atoms with Crippen LogP contribution >= 0.6 is 0 Å². The van der Waals surface area contributed by atoms with Crippen LogP contribution in [0.5, 0.6) is 0 Å². The monoisotopic (exact) mass is 304 g/mol. The summed E-state index contributed by atoms with van der Waals surface area (Å²) in [6.45, 7) is 1.25. The van der Waals surface area contributed by atoms with E-state index in [1.165, 1.54) is 37.3 Å². The topological polar surface area (TPSA) is 58.2 Å². The second-order valence-electron chi connectivity index (χ2n) is 4.69. The Labute approximate surface area is 126 Å². The summed E-state index contributed by atoms with van der Waals surface area (Å²) in [7, 11) is 0. The molecule has 6 heteroatoms. The highest BCUT2D eigenvalue weighted by atomic mass is 19.1. The van der Waals surface area contributed by atoms with Crippen LogP contribution in [-0.4, -0.2) is 11.8 Å².